The summed E-state index contributed by atoms with van der Waals surface area (Å²) in [5, 5.41) is 2.15. The number of fused-ring (bicyclic) bond motifs is 3. The van der Waals surface area contributed by atoms with Crippen LogP contribution in [0.3, 0.4) is 0 Å². The summed E-state index contributed by atoms with van der Waals surface area (Å²) in [6, 6.07) is 51.9. The van der Waals surface area contributed by atoms with Crippen LogP contribution >= 0.6 is 0 Å². The highest BCUT2D eigenvalue weighted by atomic mass is 15.0. The van der Waals surface area contributed by atoms with Gasteiger partial charge < -0.3 is 0 Å². The maximum atomic E-state index is 5.28. The molecular formula is C45H30N6. The first kappa shape index (κ1) is 30.2. The van der Waals surface area contributed by atoms with E-state index in [4.69, 9.17) is 24.9 Å². The maximum Gasteiger partial charge on any atom is 0.164 e. The summed E-state index contributed by atoms with van der Waals surface area (Å²) in [7, 11) is 0. The summed E-state index contributed by atoms with van der Waals surface area (Å²) >= 11 is 0. The predicted molar refractivity (Wildman–Crippen MR) is 206 cm³/mol. The molecule has 9 rings (SSSR count). The molecule has 0 atom stereocenters. The van der Waals surface area contributed by atoms with Gasteiger partial charge in [0.05, 0.1) is 16.7 Å². The zero-order chi connectivity index (χ0) is 34.1. The second-order valence-electron chi connectivity index (χ2n) is 12.5. The molecule has 5 aromatic carbocycles. The van der Waals surface area contributed by atoms with E-state index in [0.717, 1.165) is 77.7 Å². The Hall–Kier alpha value is -6.92. The van der Waals surface area contributed by atoms with Gasteiger partial charge in [0.25, 0.3) is 0 Å². The van der Waals surface area contributed by atoms with Crippen molar-refractivity contribution in [2.45, 2.75) is 6.92 Å². The molecule has 0 unspecified atom stereocenters. The molecule has 4 heterocycles. The van der Waals surface area contributed by atoms with E-state index in [-0.39, 0.29) is 0 Å². The van der Waals surface area contributed by atoms with E-state index in [0.29, 0.717) is 17.5 Å². The van der Waals surface area contributed by atoms with E-state index in [9.17, 15) is 0 Å². The summed E-state index contributed by atoms with van der Waals surface area (Å²) < 4.78 is 0. The Balaban J connectivity index is 1.17. The standard InChI is InChI=1S/C45H30N6/c1-29-18-19-31-20-21-38-39(30-10-4-2-5-11-30)28-40(48-42(38)41(31)47-29)36-16-8-14-34(26-36)35-15-9-17-37(27-35)45-50-43(32-12-6-3-7-13-32)49-44(51-45)33-22-24-46-25-23-33/h2-28H,1H3. The van der Waals surface area contributed by atoms with Gasteiger partial charge in [-0.05, 0) is 65.6 Å². The van der Waals surface area contributed by atoms with Crippen molar-refractivity contribution in [1.29, 1.82) is 0 Å². The summed E-state index contributed by atoms with van der Waals surface area (Å²) in [5.74, 6) is 1.82. The lowest BCUT2D eigenvalue weighted by Crippen LogP contribution is -2.00. The van der Waals surface area contributed by atoms with Crippen LogP contribution in [0.15, 0.2) is 164 Å². The van der Waals surface area contributed by atoms with Gasteiger partial charge in [-0.25, -0.2) is 19.9 Å². The number of rotatable bonds is 6. The number of hydrogen-bond donors (Lipinski definition) is 0. The fourth-order valence-electron chi connectivity index (χ4n) is 6.52. The van der Waals surface area contributed by atoms with Crippen molar-refractivity contribution in [1.82, 2.24) is 29.9 Å². The minimum Gasteiger partial charge on any atom is -0.265 e. The van der Waals surface area contributed by atoms with Crippen molar-refractivity contribution in [3.63, 3.8) is 0 Å². The first-order chi connectivity index (χ1) is 25.2. The van der Waals surface area contributed by atoms with Crippen LogP contribution in [0.4, 0.5) is 0 Å². The van der Waals surface area contributed by atoms with Crippen molar-refractivity contribution in [2.24, 2.45) is 0 Å². The van der Waals surface area contributed by atoms with Crippen molar-refractivity contribution in [3.8, 4) is 67.7 Å². The smallest absolute Gasteiger partial charge is 0.164 e. The fraction of sp³-hybridized carbons (Fsp3) is 0.0222. The number of aryl methyl sites for hydroxylation is 1. The maximum absolute atomic E-state index is 5.28. The third-order valence-electron chi connectivity index (χ3n) is 9.08. The molecule has 240 valence electrons. The molecule has 0 amide bonds. The van der Waals surface area contributed by atoms with Gasteiger partial charge in [-0.1, -0.05) is 115 Å². The van der Waals surface area contributed by atoms with E-state index >= 15 is 0 Å². The molecule has 6 heteroatoms. The van der Waals surface area contributed by atoms with E-state index in [1.807, 2.05) is 67.6 Å². The van der Waals surface area contributed by atoms with Gasteiger partial charge in [0.2, 0.25) is 0 Å². The molecule has 0 bridgehead atoms. The fourth-order valence-corrected chi connectivity index (χ4v) is 6.52. The number of benzene rings is 5. The van der Waals surface area contributed by atoms with Crippen molar-refractivity contribution < 1.29 is 0 Å². The molecule has 0 fully saturated rings. The van der Waals surface area contributed by atoms with Gasteiger partial charge >= 0.3 is 0 Å². The Kier molecular flexibility index (Phi) is 7.59. The zero-order valence-corrected chi connectivity index (χ0v) is 27.8. The number of pyridine rings is 3. The lowest BCUT2D eigenvalue weighted by atomic mass is 9.95. The average Bonchev–Trinajstić information content (AvgIpc) is 3.21. The molecule has 0 radical (unpaired) electrons. The Morgan fingerprint density at radius 1 is 0.373 bits per heavy atom. The van der Waals surface area contributed by atoms with Crippen LogP contribution in [0.25, 0.3) is 89.5 Å². The largest absolute Gasteiger partial charge is 0.265 e. The SMILES string of the molecule is Cc1ccc2ccc3c(-c4ccccc4)cc(-c4cccc(-c5cccc(-c6nc(-c7ccccc7)nc(-c7ccncc7)n6)c5)c4)nc3c2n1. The first-order valence-corrected chi connectivity index (χ1v) is 16.9. The Labute approximate surface area is 295 Å². The second-order valence-corrected chi connectivity index (χ2v) is 12.5. The highest BCUT2D eigenvalue weighted by Crippen LogP contribution is 2.36. The zero-order valence-electron chi connectivity index (χ0n) is 27.8. The molecule has 0 aliphatic heterocycles. The minimum absolute atomic E-state index is 0.599. The predicted octanol–water partition coefficient (Wildman–Crippen LogP) is 10.7. The number of aromatic nitrogens is 6. The molecule has 0 saturated heterocycles. The Bertz CT molecular complexity index is 2640. The van der Waals surface area contributed by atoms with Crippen LogP contribution in [0.5, 0.6) is 0 Å². The molecule has 0 saturated carbocycles. The highest BCUT2D eigenvalue weighted by Gasteiger charge is 2.16. The van der Waals surface area contributed by atoms with E-state index in [2.05, 4.69) is 96.0 Å². The van der Waals surface area contributed by atoms with Gasteiger partial charge in [-0.2, -0.15) is 0 Å². The van der Waals surface area contributed by atoms with Crippen LogP contribution in [0.2, 0.25) is 0 Å². The van der Waals surface area contributed by atoms with Crippen molar-refractivity contribution in [2.75, 3.05) is 0 Å². The molecular weight excluding hydrogens is 625 g/mol. The topological polar surface area (TPSA) is 77.3 Å². The molecule has 6 nitrogen and oxygen atoms in total. The third-order valence-corrected chi connectivity index (χ3v) is 9.08. The second kappa shape index (κ2) is 12.8. The Morgan fingerprint density at radius 2 is 0.922 bits per heavy atom. The molecule has 51 heavy (non-hydrogen) atoms. The minimum atomic E-state index is 0.599. The van der Waals surface area contributed by atoms with Crippen LogP contribution in [0, 0.1) is 6.92 Å². The third kappa shape index (κ3) is 5.89. The molecule has 4 aromatic heterocycles. The summed E-state index contributed by atoms with van der Waals surface area (Å²) in [4.78, 5) is 29.1. The molecule has 0 aliphatic rings. The van der Waals surface area contributed by atoms with Crippen LogP contribution in [-0.2, 0) is 0 Å². The highest BCUT2D eigenvalue weighted by molar-refractivity contribution is 6.09. The van der Waals surface area contributed by atoms with Gasteiger partial charge in [-0.15, -0.1) is 0 Å². The van der Waals surface area contributed by atoms with Gasteiger partial charge in [0.15, 0.2) is 17.5 Å². The first-order valence-electron chi connectivity index (χ1n) is 16.9. The van der Waals surface area contributed by atoms with Gasteiger partial charge in [0.1, 0.15) is 0 Å². The molecule has 0 spiro atoms. The summed E-state index contributed by atoms with van der Waals surface area (Å²) in [6.45, 7) is 2.03. The quantitative estimate of drug-likeness (QED) is 0.166. The van der Waals surface area contributed by atoms with Crippen LogP contribution in [-0.4, -0.2) is 29.9 Å². The summed E-state index contributed by atoms with van der Waals surface area (Å²) in [5.41, 5.74) is 11.8. The molecule has 9 aromatic rings. The normalized spacial score (nSPS) is 11.2. The van der Waals surface area contributed by atoms with E-state index < -0.39 is 0 Å². The van der Waals surface area contributed by atoms with Gasteiger partial charge in [-0.3, -0.25) is 9.97 Å². The average molecular weight is 655 g/mol. The van der Waals surface area contributed by atoms with E-state index in [1.165, 1.54) is 0 Å². The molecule has 0 N–H and O–H groups in total. The van der Waals surface area contributed by atoms with Crippen LogP contribution < -0.4 is 0 Å². The lowest BCUT2D eigenvalue weighted by molar-refractivity contribution is 1.07. The van der Waals surface area contributed by atoms with Crippen molar-refractivity contribution in [3.05, 3.63) is 170 Å². The molecule has 0 aliphatic carbocycles. The monoisotopic (exact) mass is 654 g/mol. The number of hydrogen-bond acceptors (Lipinski definition) is 6. The number of nitrogens with zero attached hydrogens (tertiary/aromatic N) is 6. The van der Waals surface area contributed by atoms with Crippen LogP contribution in [0.1, 0.15) is 5.69 Å². The lowest BCUT2D eigenvalue weighted by Gasteiger charge is -2.13. The van der Waals surface area contributed by atoms with Crippen molar-refractivity contribution >= 4 is 21.8 Å². The van der Waals surface area contributed by atoms with E-state index in [1.54, 1.807) is 12.4 Å². The summed E-state index contributed by atoms with van der Waals surface area (Å²) in [6.07, 6.45) is 3.50. The Morgan fingerprint density at radius 3 is 1.63 bits per heavy atom. The van der Waals surface area contributed by atoms with Gasteiger partial charge in [0, 0.05) is 51.1 Å².